The van der Waals surface area contributed by atoms with E-state index in [4.69, 9.17) is 0 Å². The van der Waals surface area contributed by atoms with E-state index < -0.39 is 0 Å². The van der Waals surface area contributed by atoms with Crippen molar-refractivity contribution >= 4 is 0 Å². The van der Waals surface area contributed by atoms with Crippen LogP contribution in [0.1, 0.15) is 31.0 Å². The van der Waals surface area contributed by atoms with E-state index in [9.17, 15) is 0 Å². The van der Waals surface area contributed by atoms with Crippen LogP contribution < -0.4 is 5.32 Å². The maximum Gasteiger partial charge on any atom is 0.0648 e. The number of nitrogens with one attached hydrogen (secondary N) is 1. The molecule has 106 valence electrons. The van der Waals surface area contributed by atoms with Crippen molar-refractivity contribution in [3.05, 3.63) is 47.8 Å². The van der Waals surface area contributed by atoms with Crippen LogP contribution >= 0.6 is 0 Å². The molecule has 1 N–H and O–H groups in total. The largest absolute Gasteiger partial charge is 0.316 e. The number of para-hydroxylation sites is 1. The fourth-order valence-electron chi connectivity index (χ4n) is 3.08. The van der Waals surface area contributed by atoms with E-state index in [-0.39, 0.29) is 0 Å². The van der Waals surface area contributed by atoms with E-state index in [2.05, 4.69) is 52.4 Å². The highest BCUT2D eigenvalue weighted by Crippen LogP contribution is 2.22. The predicted molar refractivity (Wildman–Crippen MR) is 82.2 cm³/mol. The van der Waals surface area contributed by atoms with Crippen LogP contribution in [0.3, 0.4) is 0 Å². The summed E-state index contributed by atoms with van der Waals surface area (Å²) in [7, 11) is 0. The molecule has 3 rings (SSSR count). The number of aryl methyl sites for hydroxylation is 1. The van der Waals surface area contributed by atoms with Gasteiger partial charge in [0, 0.05) is 5.69 Å². The van der Waals surface area contributed by atoms with Gasteiger partial charge in [0.1, 0.15) is 0 Å². The summed E-state index contributed by atoms with van der Waals surface area (Å²) < 4.78 is 2.13. The van der Waals surface area contributed by atoms with Gasteiger partial charge in [-0.15, -0.1) is 0 Å². The van der Waals surface area contributed by atoms with Gasteiger partial charge >= 0.3 is 0 Å². The van der Waals surface area contributed by atoms with Crippen LogP contribution in [0.5, 0.6) is 0 Å². The average molecular weight is 269 g/mol. The first-order valence-electron chi connectivity index (χ1n) is 7.70. The van der Waals surface area contributed by atoms with Crippen molar-refractivity contribution in [1.29, 1.82) is 0 Å². The number of aromatic nitrogens is 2. The zero-order chi connectivity index (χ0) is 13.8. The number of hydrogen-bond donors (Lipinski definition) is 1. The summed E-state index contributed by atoms with van der Waals surface area (Å²) >= 11 is 0. The zero-order valence-electron chi connectivity index (χ0n) is 12.2. The third kappa shape index (κ3) is 2.78. The summed E-state index contributed by atoms with van der Waals surface area (Å²) in [5.41, 5.74) is 3.96. The van der Waals surface area contributed by atoms with Crippen molar-refractivity contribution in [1.82, 2.24) is 15.1 Å². The van der Waals surface area contributed by atoms with Gasteiger partial charge in [0.15, 0.2) is 0 Å². The minimum atomic E-state index is 0.744. The van der Waals surface area contributed by atoms with Gasteiger partial charge in [-0.1, -0.05) is 25.1 Å². The summed E-state index contributed by atoms with van der Waals surface area (Å²) in [4.78, 5) is 0. The van der Waals surface area contributed by atoms with E-state index in [0.29, 0.717) is 0 Å². The topological polar surface area (TPSA) is 29.9 Å². The normalized spacial score (nSPS) is 19.1. The molecular formula is C17H23N3. The molecule has 3 nitrogen and oxygen atoms in total. The number of benzene rings is 1. The molecule has 2 aromatic rings. The van der Waals surface area contributed by atoms with E-state index in [1.807, 2.05) is 6.20 Å². The Balaban J connectivity index is 1.89. The van der Waals surface area contributed by atoms with Gasteiger partial charge in [-0.25, -0.2) is 4.68 Å². The summed E-state index contributed by atoms with van der Waals surface area (Å²) in [5.74, 6) is 0.744. The number of nitrogens with zero attached hydrogens (tertiary/aromatic N) is 2. The van der Waals surface area contributed by atoms with Crippen LogP contribution in [0.2, 0.25) is 0 Å². The third-order valence-corrected chi connectivity index (χ3v) is 4.22. The summed E-state index contributed by atoms with van der Waals surface area (Å²) in [6, 6.07) is 10.5. The highest BCUT2D eigenvalue weighted by Gasteiger charge is 2.18. The molecule has 0 amide bonds. The van der Waals surface area contributed by atoms with Crippen LogP contribution in [-0.2, 0) is 12.8 Å². The summed E-state index contributed by atoms with van der Waals surface area (Å²) in [6.07, 6.45) is 6.85. The second-order valence-electron chi connectivity index (χ2n) is 5.63. The van der Waals surface area contributed by atoms with Gasteiger partial charge in [-0.2, -0.15) is 5.10 Å². The lowest BCUT2D eigenvalue weighted by Gasteiger charge is -2.23. The van der Waals surface area contributed by atoms with Crippen molar-refractivity contribution in [2.45, 2.75) is 32.6 Å². The van der Waals surface area contributed by atoms with E-state index >= 15 is 0 Å². The van der Waals surface area contributed by atoms with Crippen LogP contribution in [-0.4, -0.2) is 22.9 Å². The maximum absolute atomic E-state index is 4.62. The Labute approximate surface area is 121 Å². The molecule has 0 bridgehead atoms. The Morgan fingerprint density at radius 1 is 1.30 bits per heavy atom. The first-order chi connectivity index (χ1) is 9.88. The molecule has 0 aliphatic carbocycles. The van der Waals surface area contributed by atoms with Crippen molar-refractivity contribution < 1.29 is 0 Å². The summed E-state index contributed by atoms with van der Waals surface area (Å²) in [5, 5.41) is 8.13. The Kier molecular flexibility index (Phi) is 4.16. The van der Waals surface area contributed by atoms with Gasteiger partial charge in [0.05, 0.1) is 11.9 Å². The fraction of sp³-hybridized carbons (Fsp3) is 0.471. The highest BCUT2D eigenvalue weighted by atomic mass is 15.3. The van der Waals surface area contributed by atoms with Crippen molar-refractivity contribution in [3.8, 4) is 5.69 Å². The van der Waals surface area contributed by atoms with Crippen LogP contribution in [0.25, 0.3) is 5.69 Å². The average Bonchev–Trinajstić information content (AvgIpc) is 2.92. The van der Waals surface area contributed by atoms with Gasteiger partial charge in [0.25, 0.3) is 0 Å². The van der Waals surface area contributed by atoms with Gasteiger partial charge in [-0.05, 0) is 62.4 Å². The minimum absolute atomic E-state index is 0.744. The molecule has 1 fully saturated rings. The molecule has 1 aromatic heterocycles. The second kappa shape index (κ2) is 6.23. The standard InChI is InChI=1S/C17H23N3/c1-2-15-13-19-20(16-8-4-3-5-9-16)17(15)11-14-7-6-10-18-12-14/h3-5,8-9,13-14,18H,2,6-7,10-12H2,1H3. The molecule has 1 aliphatic rings. The van der Waals surface area contributed by atoms with Crippen LogP contribution in [0.4, 0.5) is 0 Å². The van der Waals surface area contributed by atoms with Crippen LogP contribution in [0.15, 0.2) is 36.5 Å². The quantitative estimate of drug-likeness (QED) is 0.924. The number of rotatable bonds is 4. The van der Waals surface area contributed by atoms with Gasteiger partial charge in [-0.3, -0.25) is 0 Å². The molecule has 0 radical (unpaired) electrons. The molecular weight excluding hydrogens is 246 g/mol. The molecule has 2 heterocycles. The predicted octanol–water partition coefficient (Wildman–Crippen LogP) is 2.98. The molecule has 0 saturated carbocycles. The molecule has 0 spiro atoms. The van der Waals surface area contributed by atoms with E-state index in [1.54, 1.807) is 0 Å². The first kappa shape index (κ1) is 13.4. The first-order valence-corrected chi connectivity index (χ1v) is 7.70. The van der Waals surface area contributed by atoms with Gasteiger partial charge in [0.2, 0.25) is 0 Å². The van der Waals surface area contributed by atoms with Gasteiger partial charge < -0.3 is 5.32 Å². The third-order valence-electron chi connectivity index (χ3n) is 4.22. The molecule has 1 saturated heterocycles. The molecule has 1 atom stereocenters. The number of hydrogen-bond acceptors (Lipinski definition) is 2. The lowest BCUT2D eigenvalue weighted by molar-refractivity contribution is 0.370. The smallest absolute Gasteiger partial charge is 0.0648 e. The Morgan fingerprint density at radius 3 is 2.85 bits per heavy atom. The van der Waals surface area contributed by atoms with Crippen molar-refractivity contribution in [2.75, 3.05) is 13.1 Å². The lowest BCUT2D eigenvalue weighted by Crippen LogP contribution is -2.31. The lowest BCUT2D eigenvalue weighted by atomic mass is 9.93. The van der Waals surface area contributed by atoms with E-state index in [0.717, 1.165) is 25.3 Å². The zero-order valence-corrected chi connectivity index (χ0v) is 12.2. The maximum atomic E-state index is 4.62. The molecule has 1 aromatic carbocycles. The van der Waals surface area contributed by atoms with Crippen LogP contribution in [0, 0.1) is 5.92 Å². The highest BCUT2D eigenvalue weighted by molar-refractivity contribution is 5.35. The molecule has 20 heavy (non-hydrogen) atoms. The number of piperidine rings is 1. The van der Waals surface area contributed by atoms with E-state index in [1.165, 1.54) is 36.3 Å². The SMILES string of the molecule is CCc1cnn(-c2ccccc2)c1CC1CCCNC1. The fourth-order valence-corrected chi connectivity index (χ4v) is 3.08. The Bertz CT molecular complexity index is 539. The minimum Gasteiger partial charge on any atom is -0.316 e. The summed E-state index contributed by atoms with van der Waals surface area (Å²) in [6.45, 7) is 4.53. The molecule has 3 heteroatoms. The Hall–Kier alpha value is -1.61. The molecule has 1 unspecified atom stereocenters. The molecule has 1 aliphatic heterocycles. The van der Waals surface area contributed by atoms with Crippen molar-refractivity contribution in [3.63, 3.8) is 0 Å². The monoisotopic (exact) mass is 269 g/mol. The van der Waals surface area contributed by atoms with Crippen molar-refractivity contribution in [2.24, 2.45) is 5.92 Å². The Morgan fingerprint density at radius 2 is 2.15 bits per heavy atom. The second-order valence-corrected chi connectivity index (χ2v) is 5.63.